The number of carbonyl (C=O) groups excluding carboxylic acids is 1. The van der Waals surface area contributed by atoms with Crippen molar-refractivity contribution in [1.29, 1.82) is 0 Å². The van der Waals surface area contributed by atoms with Gasteiger partial charge in [-0.25, -0.2) is 0 Å². The number of hydrogen-bond donors (Lipinski definition) is 0. The van der Waals surface area contributed by atoms with Crippen molar-refractivity contribution >= 4 is 5.91 Å². The summed E-state index contributed by atoms with van der Waals surface area (Å²) in [4.78, 5) is 16.2. The summed E-state index contributed by atoms with van der Waals surface area (Å²) < 4.78 is 3.83. The summed E-state index contributed by atoms with van der Waals surface area (Å²) in [6.45, 7) is 6.92. The highest BCUT2D eigenvalue weighted by molar-refractivity contribution is 5.78. The van der Waals surface area contributed by atoms with E-state index in [9.17, 15) is 4.79 Å². The van der Waals surface area contributed by atoms with Crippen molar-refractivity contribution in [3.63, 3.8) is 0 Å². The number of likely N-dealkylation sites (tertiary alicyclic amines) is 1. The number of hydrogen-bond acceptors (Lipinski definition) is 4. The highest BCUT2D eigenvalue weighted by Gasteiger charge is 2.31. The first kappa shape index (κ1) is 15.7. The molecule has 7 nitrogen and oxygen atoms in total. The van der Waals surface area contributed by atoms with Crippen LogP contribution in [0.15, 0.2) is 18.5 Å². The van der Waals surface area contributed by atoms with Crippen LogP contribution < -0.4 is 0 Å². The molecule has 2 aromatic heterocycles. The standard InChI is InChI=1S/C16H24N6O/c1-12-5-13(2)22(18-12)15-9-21(10-15)11-16(23)19(3)7-14-6-17-20(4)8-14/h5-6,8,15H,7,9-11H2,1-4H3. The van der Waals surface area contributed by atoms with Crippen LogP contribution in [-0.2, 0) is 18.4 Å². The topological polar surface area (TPSA) is 59.2 Å². The van der Waals surface area contributed by atoms with Crippen LogP contribution in [0.25, 0.3) is 0 Å². The molecule has 0 saturated carbocycles. The van der Waals surface area contributed by atoms with E-state index in [4.69, 9.17) is 0 Å². The van der Waals surface area contributed by atoms with Gasteiger partial charge in [-0.15, -0.1) is 0 Å². The van der Waals surface area contributed by atoms with E-state index in [2.05, 4.69) is 32.8 Å². The lowest BCUT2D eigenvalue weighted by atomic mass is 10.1. The first-order chi connectivity index (χ1) is 10.9. The Bertz CT molecular complexity index is 697. The van der Waals surface area contributed by atoms with Crippen molar-refractivity contribution in [1.82, 2.24) is 29.4 Å². The molecule has 0 unspecified atom stereocenters. The molecule has 1 aliphatic rings. The maximum atomic E-state index is 12.3. The van der Waals surface area contributed by atoms with Crippen molar-refractivity contribution in [3.05, 3.63) is 35.4 Å². The van der Waals surface area contributed by atoms with Gasteiger partial charge in [0, 0.05) is 51.2 Å². The molecule has 3 rings (SSSR count). The Kier molecular flexibility index (Phi) is 4.21. The minimum atomic E-state index is 0.140. The minimum Gasteiger partial charge on any atom is -0.340 e. The molecule has 1 aliphatic heterocycles. The van der Waals surface area contributed by atoms with Gasteiger partial charge in [-0.2, -0.15) is 10.2 Å². The van der Waals surface area contributed by atoms with Crippen LogP contribution in [0.5, 0.6) is 0 Å². The van der Waals surface area contributed by atoms with Gasteiger partial charge in [0.2, 0.25) is 5.91 Å². The molecule has 124 valence electrons. The van der Waals surface area contributed by atoms with E-state index in [-0.39, 0.29) is 5.91 Å². The van der Waals surface area contributed by atoms with Crippen LogP contribution in [0.3, 0.4) is 0 Å². The average molecular weight is 316 g/mol. The van der Waals surface area contributed by atoms with Crippen LogP contribution in [0, 0.1) is 13.8 Å². The SMILES string of the molecule is Cc1cc(C)n(C2CN(CC(=O)N(C)Cc3cnn(C)c3)C2)n1. The minimum absolute atomic E-state index is 0.140. The normalized spacial score (nSPS) is 15.7. The number of likely N-dealkylation sites (N-methyl/N-ethyl adjacent to an activating group) is 1. The lowest BCUT2D eigenvalue weighted by Gasteiger charge is -2.39. The predicted molar refractivity (Wildman–Crippen MR) is 86.9 cm³/mol. The van der Waals surface area contributed by atoms with Gasteiger partial charge in [0.1, 0.15) is 0 Å². The third-order valence-corrected chi connectivity index (χ3v) is 4.29. The van der Waals surface area contributed by atoms with Crippen LogP contribution in [0.4, 0.5) is 0 Å². The van der Waals surface area contributed by atoms with Gasteiger partial charge in [-0.3, -0.25) is 19.1 Å². The molecule has 0 N–H and O–H groups in total. The second kappa shape index (κ2) is 6.16. The largest absolute Gasteiger partial charge is 0.340 e. The Hall–Kier alpha value is -2.15. The first-order valence-corrected chi connectivity index (χ1v) is 7.89. The third-order valence-electron chi connectivity index (χ3n) is 4.29. The second-order valence-corrected chi connectivity index (χ2v) is 6.49. The fraction of sp³-hybridized carbons (Fsp3) is 0.562. The maximum Gasteiger partial charge on any atom is 0.236 e. The molecule has 1 fully saturated rings. The van der Waals surface area contributed by atoms with Gasteiger partial charge in [-0.1, -0.05) is 0 Å². The molecule has 3 heterocycles. The molecule has 1 saturated heterocycles. The molecule has 0 spiro atoms. The lowest BCUT2D eigenvalue weighted by Crippen LogP contribution is -2.52. The smallest absolute Gasteiger partial charge is 0.236 e. The van der Waals surface area contributed by atoms with Crippen molar-refractivity contribution in [2.24, 2.45) is 7.05 Å². The fourth-order valence-electron chi connectivity index (χ4n) is 3.07. The number of nitrogens with zero attached hydrogens (tertiary/aromatic N) is 6. The van der Waals surface area contributed by atoms with Gasteiger partial charge in [0.25, 0.3) is 0 Å². The predicted octanol–water partition coefficient (Wildman–Crippen LogP) is 0.749. The number of aryl methyl sites for hydroxylation is 3. The fourth-order valence-corrected chi connectivity index (χ4v) is 3.07. The Morgan fingerprint density at radius 1 is 1.39 bits per heavy atom. The number of aromatic nitrogens is 4. The highest BCUT2D eigenvalue weighted by Crippen LogP contribution is 2.22. The molecule has 0 radical (unpaired) electrons. The van der Waals surface area contributed by atoms with E-state index in [1.54, 1.807) is 15.8 Å². The Morgan fingerprint density at radius 3 is 2.70 bits per heavy atom. The van der Waals surface area contributed by atoms with Gasteiger partial charge < -0.3 is 4.90 Å². The van der Waals surface area contributed by atoms with Gasteiger partial charge in [-0.05, 0) is 19.9 Å². The van der Waals surface area contributed by atoms with E-state index in [0.717, 1.165) is 24.3 Å². The van der Waals surface area contributed by atoms with Gasteiger partial charge in [0.15, 0.2) is 0 Å². The van der Waals surface area contributed by atoms with Crippen LogP contribution >= 0.6 is 0 Å². The molecular formula is C16H24N6O. The molecule has 23 heavy (non-hydrogen) atoms. The summed E-state index contributed by atoms with van der Waals surface area (Å²) in [6, 6.07) is 2.48. The molecule has 0 aliphatic carbocycles. The van der Waals surface area contributed by atoms with Crippen molar-refractivity contribution in [2.45, 2.75) is 26.4 Å². The summed E-state index contributed by atoms with van der Waals surface area (Å²) in [5.74, 6) is 0.140. The molecule has 0 bridgehead atoms. The van der Waals surface area contributed by atoms with Crippen LogP contribution in [0.1, 0.15) is 23.0 Å². The molecule has 2 aromatic rings. The molecular weight excluding hydrogens is 292 g/mol. The molecule has 0 aromatic carbocycles. The molecule has 7 heteroatoms. The van der Waals surface area contributed by atoms with E-state index >= 15 is 0 Å². The summed E-state index contributed by atoms with van der Waals surface area (Å²) in [7, 11) is 3.72. The van der Waals surface area contributed by atoms with Crippen LogP contribution in [-0.4, -0.2) is 61.9 Å². The first-order valence-electron chi connectivity index (χ1n) is 7.89. The van der Waals surface area contributed by atoms with Crippen LogP contribution in [0.2, 0.25) is 0 Å². The summed E-state index contributed by atoms with van der Waals surface area (Å²) >= 11 is 0. The summed E-state index contributed by atoms with van der Waals surface area (Å²) in [5, 5.41) is 8.65. The van der Waals surface area contributed by atoms with Crippen molar-refractivity contribution < 1.29 is 4.79 Å². The number of rotatable bonds is 5. The zero-order chi connectivity index (χ0) is 16.6. The number of amides is 1. The zero-order valence-electron chi connectivity index (χ0n) is 14.2. The maximum absolute atomic E-state index is 12.3. The van der Waals surface area contributed by atoms with E-state index in [1.807, 2.05) is 27.2 Å². The summed E-state index contributed by atoms with van der Waals surface area (Å²) in [6.07, 6.45) is 3.73. The lowest BCUT2D eigenvalue weighted by molar-refractivity contribution is -0.133. The molecule has 0 atom stereocenters. The van der Waals surface area contributed by atoms with E-state index in [0.29, 0.717) is 19.1 Å². The van der Waals surface area contributed by atoms with E-state index < -0.39 is 0 Å². The number of carbonyl (C=O) groups is 1. The second-order valence-electron chi connectivity index (χ2n) is 6.49. The third kappa shape index (κ3) is 3.44. The van der Waals surface area contributed by atoms with E-state index in [1.165, 1.54) is 5.69 Å². The average Bonchev–Trinajstić information content (AvgIpc) is 2.98. The highest BCUT2D eigenvalue weighted by atomic mass is 16.2. The van der Waals surface area contributed by atoms with Gasteiger partial charge in [0.05, 0.1) is 24.5 Å². The van der Waals surface area contributed by atoms with Crippen molar-refractivity contribution in [2.75, 3.05) is 26.7 Å². The zero-order valence-corrected chi connectivity index (χ0v) is 14.2. The monoisotopic (exact) mass is 316 g/mol. The Morgan fingerprint density at radius 2 is 2.13 bits per heavy atom. The quantitative estimate of drug-likeness (QED) is 0.817. The molecule has 1 amide bonds. The summed E-state index contributed by atoms with van der Waals surface area (Å²) in [5.41, 5.74) is 3.29. The van der Waals surface area contributed by atoms with Gasteiger partial charge >= 0.3 is 0 Å². The van der Waals surface area contributed by atoms with Crippen molar-refractivity contribution in [3.8, 4) is 0 Å². The Balaban J connectivity index is 1.47. The Labute approximate surface area is 136 Å².